The van der Waals surface area contributed by atoms with Gasteiger partial charge in [0.25, 0.3) is 5.91 Å². The van der Waals surface area contributed by atoms with Crippen molar-refractivity contribution >= 4 is 47.4 Å². The van der Waals surface area contributed by atoms with Gasteiger partial charge in [-0.25, -0.2) is 4.79 Å². The summed E-state index contributed by atoms with van der Waals surface area (Å²) >= 11 is 12.7. The van der Waals surface area contributed by atoms with Crippen LogP contribution in [0.3, 0.4) is 0 Å². The standard InChI is InChI=1S/C25H31Cl2N5O6/c1-28-14-31-25(29-8-9-38-2)30-13-20(24(36)37)32-23(35)22-18(26)10-15(11-19(22)27)6-7-21(34)16-4-3-5-17(33)12-16/h3-5,10-12,14,20-21,33-34H,6-9,13H2,1-2H3,(H,32,35)(H,36,37)(H2,28,29,30,31)/t20-,21?/m0/s1. The Kier molecular flexibility index (Phi) is 12.8. The Balaban J connectivity index is 2.09. The lowest BCUT2D eigenvalue weighted by Gasteiger charge is -2.16. The number of phenols is 1. The molecule has 0 bridgehead atoms. The van der Waals surface area contributed by atoms with Crippen molar-refractivity contribution in [1.82, 2.24) is 16.0 Å². The fourth-order valence-electron chi connectivity index (χ4n) is 3.34. The van der Waals surface area contributed by atoms with Crippen LogP contribution in [0.2, 0.25) is 10.0 Å². The monoisotopic (exact) mass is 567 g/mol. The Morgan fingerprint density at radius 2 is 1.89 bits per heavy atom. The van der Waals surface area contributed by atoms with Crippen LogP contribution in [0.15, 0.2) is 46.4 Å². The molecule has 0 aliphatic carbocycles. The Bertz CT molecular complexity index is 1140. The second-order valence-corrected chi connectivity index (χ2v) is 8.90. The number of carboxylic acids is 1. The molecule has 13 heteroatoms. The van der Waals surface area contributed by atoms with Crippen molar-refractivity contribution in [2.24, 2.45) is 9.98 Å². The van der Waals surface area contributed by atoms with E-state index < -0.39 is 24.0 Å². The molecule has 0 heterocycles. The van der Waals surface area contributed by atoms with E-state index in [4.69, 9.17) is 27.9 Å². The van der Waals surface area contributed by atoms with Crippen molar-refractivity contribution in [2.75, 3.05) is 33.9 Å². The quantitative estimate of drug-likeness (QED) is 0.122. The highest BCUT2D eigenvalue weighted by Gasteiger charge is 2.24. The topological polar surface area (TPSA) is 165 Å². The molecule has 11 nitrogen and oxygen atoms in total. The van der Waals surface area contributed by atoms with Crippen LogP contribution in [0.1, 0.15) is 34.0 Å². The molecule has 2 rings (SSSR count). The van der Waals surface area contributed by atoms with E-state index in [2.05, 4.69) is 25.9 Å². The van der Waals surface area contributed by atoms with Gasteiger partial charge in [0.15, 0.2) is 5.96 Å². The maximum atomic E-state index is 12.9. The summed E-state index contributed by atoms with van der Waals surface area (Å²) in [6.45, 7) is 0.512. The Morgan fingerprint density at radius 3 is 2.50 bits per heavy atom. The minimum Gasteiger partial charge on any atom is -0.508 e. The molecule has 0 radical (unpaired) electrons. The number of halogens is 2. The number of carboxylic acid groups (broad SMARTS) is 1. The van der Waals surface area contributed by atoms with Crippen molar-refractivity contribution in [3.63, 3.8) is 0 Å². The average molecular weight is 568 g/mol. The van der Waals surface area contributed by atoms with Crippen molar-refractivity contribution in [2.45, 2.75) is 25.0 Å². The summed E-state index contributed by atoms with van der Waals surface area (Å²) in [5.41, 5.74) is 1.16. The van der Waals surface area contributed by atoms with E-state index in [0.717, 1.165) is 0 Å². The van der Waals surface area contributed by atoms with Gasteiger partial charge in [-0.15, -0.1) is 0 Å². The first-order valence-electron chi connectivity index (χ1n) is 11.6. The highest BCUT2D eigenvalue weighted by molar-refractivity contribution is 6.39. The Hall–Kier alpha value is -3.38. The average Bonchev–Trinajstić information content (AvgIpc) is 2.87. The van der Waals surface area contributed by atoms with Gasteiger partial charge in [0.05, 0.1) is 41.2 Å². The third-order valence-electron chi connectivity index (χ3n) is 5.25. The van der Waals surface area contributed by atoms with Crippen LogP contribution >= 0.6 is 23.2 Å². The second kappa shape index (κ2) is 15.8. The number of benzene rings is 2. The van der Waals surface area contributed by atoms with Gasteiger partial charge in [0, 0.05) is 20.7 Å². The smallest absolute Gasteiger partial charge is 0.328 e. The number of aliphatic hydroxyl groups excluding tert-OH is 1. The predicted octanol–water partition coefficient (Wildman–Crippen LogP) is 2.39. The van der Waals surface area contributed by atoms with Gasteiger partial charge in [-0.3, -0.25) is 14.8 Å². The molecule has 0 aromatic heterocycles. The van der Waals surface area contributed by atoms with E-state index in [-0.39, 0.29) is 33.9 Å². The molecule has 38 heavy (non-hydrogen) atoms. The molecule has 1 amide bonds. The highest BCUT2D eigenvalue weighted by atomic mass is 35.5. The highest BCUT2D eigenvalue weighted by Crippen LogP contribution is 2.29. The molecular formula is C25H31Cl2N5O6. The van der Waals surface area contributed by atoms with E-state index in [0.29, 0.717) is 37.1 Å². The molecule has 206 valence electrons. The number of amides is 1. The molecule has 0 saturated heterocycles. The number of ether oxygens (including phenoxy) is 1. The minimum absolute atomic E-state index is 0.0345. The molecule has 0 aliphatic heterocycles. The van der Waals surface area contributed by atoms with E-state index in [1.165, 1.54) is 30.6 Å². The molecule has 1 unspecified atom stereocenters. The molecule has 0 fully saturated rings. The van der Waals surface area contributed by atoms with Gasteiger partial charge in [-0.05, 0) is 48.2 Å². The van der Waals surface area contributed by atoms with Crippen LogP contribution in [-0.4, -0.2) is 79.4 Å². The van der Waals surface area contributed by atoms with E-state index >= 15 is 0 Å². The van der Waals surface area contributed by atoms with Crippen LogP contribution in [0.25, 0.3) is 0 Å². The van der Waals surface area contributed by atoms with Gasteiger partial charge in [0.1, 0.15) is 11.8 Å². The van der Waals surface area contributed by atoms with E-state index in [1.807, 2.05) is 0 Å². The maximum absolute atomic E-state index is 12.9. The molecule has 0 saturated carbocycles. The van der Waals surface area contributed by atoms with E-state index in [9.17, 15) is 24.9 Å². The number of guanidine groups is 1. The normalized spacial score (nSPS) is 13.2. The van der Waals surface area contributed by atoms with Gasteiger partial charge in [-0.2, -0.15) is 0 Å². The summed E-state index contributed by atoms with van der Waals surface area (Å²) in [5.74, 6) is -1.77. The van der Waals surface area contributed by atoms with Crippen LogP contribution in [0.4, 0.5) is 0 Å². The van der Waals surface area contributed by atoms with Crippen LogP contribution in [-0.2, 0) is 16.0 Å². The summed E-state index contributed by atoms with van der Waals surface area (Å²) in [4.78, 5) is 32.7. The molecule has 6 N–H and O–H groups in total. The second-order valence-electron chi connectivity index (χ2n) is 8.09. The lowest BCUT2D eigenvalue weighted by molar-refractivity contribution is -0.138. The molecule has 0 aliphatic rings. The number of hydrogen-bond acceptors (Lipinski definition) is 7. The number of carbonyl (C=O) groups is 2. The number of rotatable bonds is 13. The molecule has 2 aromatic carbocycles. The Labute approximate surface area is 230 Å². The zero-order valence-electron chi connectivity index (χ0n) is 20.9. The van der Waals surface area contributed by atoms with Gasteiger partial charge in [0.2, 0.25) is 0 Å². The SMILES string of the molecule is CN=CNC(=NC[C@H](NC(=O)c1c(Cl)cc(CCC(O)c2cccc(O)c2)cc1Cl)C(=O)O)NCCOC. The first-order chi connectivity index (χ1) is 18.2. The van der Waals surface area contributed by atoms with Gasteiger partial charge >= 0.3 is 5.97 Å². The number of methoxy groups -OCH3 is 1. The van der Waals surface area contributed by atoms with Crippen molar-refractivity contribution in [3.05, 3.63) is 63.1 Å². The molecule has 2 aromatic rings. The molecular weight excluding hydrogens is 537 g/mol. The van der Waals surface area contributed by atoms with Crippen LogP contribution < -0.4 is 16.0 Å². The zero-order valence-corrected chi connectivity index (χ0v) is 22.5. The number of aryl methyl sites for hydroxylation is 1. The van der Waals surface area contributed by atoms with Crippen LogP contribution in [0.5, 0.6) is 5.75 Å². The summed E-state index contributed by atoms with van der Waals surface area (Å²) < 4.78 is 4.97. The summed E-state index contributed by atoms with van der Waals surface area (Å²) in [6.07, 6.45) is 1.25. The number of phenolic OH excluding ortho intramolecular Hbond substituents is 1. The zero-order chi connectivity index (χ0) is 28.1. The number of aliphatic imine (C=N–C) groups is 2. The number of nitrogens with zero attached hydrogens (tertiary/aromatic N) is 2. The number of hydrogen-bond donors (Lipinski definition) is 6. The number of nitrogens with one attached hydrogen (secondary N) is 3. The van der Waals surface area contributed by atoms with Crippen LogP contribution in [0, 0.1) is 0 Å². The van der Waals surface area contributed by atoms with Gasteiger partial charge in [-0.1, -0.05) is 35.3 Å². The summed E-state index contributed by atoms with van der Waals surface area (Å²) in [5, 5.41) is 37.8. The Morgan fingerprint density at radius 1 is 1.18 bits per heavy atom. The molecule has 0 spiro atoms. The fraction of sp³-hybridized carbons (Fsp3) is 0.360. The lowest BCUT2D eigenvalue weighted by atomic mass is 10.00. The third-order valence-corrected chi connectivity index (χ3v) is 5.85. The number of aromatic hydroxyl groups is 1. The van der Waals surface area contributed by atoms with Crippen molar-refractivity contribution < 1.29 is 29.6 Å². The van der Waals surface area contributed by atoms with E-state index in [1.54, 1.807) is 26.3 Å². The summed E-state index contributed by atoms with van der Waals surface area (Å²) in [6, 6.07) is 8.04. The largest absolute Gasteiger partial charge is 0.508 e. The first-order valence-corrected chi connectivity index (χ1v) is 12.3. The van der Waals surface area contributed by atoms with Crippen molar-refractivity contribution in [1.29, 1.82) is 0 Å². The van der Waals surface area contributed by atoms with Crippen molar-refractivity contribution in [3.8, 4) is 5.75 Å². The fourth-order valence-corrected chi connectivity index (χ4v) is 4.04. The predicted molar refractivity (Wildman–Crippen MR) is 146 cm³/mol. The maximum Gasteiger partial charge on any atom is 0.328 e. The lowest BCUT2D eigenvalue weighted by Crippen LogP contribution is -2.45. The van der Waals surface area contributed by atoms with Gasteiger partial charge < -0.3 is 36.0 Å². The summed E-state index contributed by atoms with van der Waals surface area (Å²) in [7, 11) is 3.09. The number of aliphatic carboxylic acids is 1. The number of carbonyl (C=O) groups excluding carboxylic acids is 1. The minimum atomic E-state index is -1.37. The number of aliphatic hydroxyl groups is 1. The first kappa shape index (κ1) is 30.8. The molecule has 2 atom stereocenters. The third kappa shape index (κ3) is 9.82.